The van der Waals surface area contributed by atoms with Gasteiger partial charge in [-0.1, -0.05) is 29.8 Å². The highest BCUT2D eigenvalue weighted by Crippen LogP contribution is 2.53. The fourth-order valence-corrected chi connectivity index (χ4v) is 4.05. The van der Waals surface area contributed by atoms with Crippen LogP contribution in [0, 0.1) is 0 Å². The Balaban J connectivity index is 1.66. The van der Waals surface area contributed by atoms with Crippen LogP contribution in [0.5, 0.6) is 0 Å². The zero-order chi connectivity index (χ0) is 16.4. The maximum absolute atomic E-state index is 10.8. The predicted molar refractivity (Wildman–Crippen MR) is 92.2 cm³/mol. The molecule has 5 rings (SSSR count). The van der Waals surface area contributed by atoms with Crippen molar-refractivity contribution >= 4 is 17.2 Å². The third-order valence-electron chi connectivity index (χ3n) is 5.69. The number of nitrogens with zero attached hydrogens (tertiary/aromatic N) is 3. The molecule has 2 aromatic heterocycles. The van der Waals surface area contributed by atoms with Gasteiger partial charge in [-0.05, 0) is 55.9 Å². The molecule has 1 aromatic carbocycles. The highest BCUT2D eigenvalue weighted by atomic mass is 35.5. The number of fused-ring (bicyclic) bond motifs is 1. The smallest absolute Gasteiger partial charge is 0.166 e. The van der Waals surface area contributed by atoms with Gasteiger partial charge in [0, 0.05) is 16.8 Å². The highest BCUT2D eigenvalue weighted by Gasteiger charge is 2.50. The van der Waals surface area contributed by atoms with E-state index in [1.165, 1.54) is 5.56 Å². The van der Waals surface area contributed by atoms with Crippen LogP contribution >= 0.6 is 11.6 Å². The minimum Gasteiger partial charge on any atom is -0.385 e. The van der Waals surface area contributed by atoms with Crippen molar-refractivity contribution in [3.8, 4) is 0 Å². The first kappa shape index (κ1) is 14.4. The van der Waals surface area contributed by atoms with Crippen LogP contribution < -0.4 is 0 Å². The van der Waals surface area contributed by atoms with E-state index >= 15 is 0 Å². The maximum atomic E-state index is 10.8. The molecule has 1 N–H and O–H groups in total. The molecule has 0 radical (unpaired) electrons. The number of benzene rings is 1. The van der Waals surface area contributed by atoms with Crippen LogP contribution in [0.4, 0.5) is 0 Å². The van der Waals surface area contributed by atoms with Crippen molar-refractivity contribution in [3.05, 3.63) is 64.6 Å². The second-order valence-corrected chi connectivity index (χ2v) is 7.55. The van der Waals surface area contributed by atoms with Crippen LogP contribution in [-0.4, -0.2) is 19.7 Å². The molecule has 4 nitrogen and oxygen atoms in total. The summed E-state index contributed by atoms with van der Waals surface area (Å²) in [6.45, 7) is 0. The second-order valence-electron chi connectivity index (χ2n) is 7.11. The summed E-state index contributed by atoms with van der Waals surface area (Å²) in [6.07, 6.45) is 6.79. The van der Waals surface area contributed by atoms with Gasteiger partial charge >= 0.3 is 0 Å². The van der Waals surface area contributed by atoms with E-state index < -0.39 is 5.60 Å². The van der Waals surface area contributed by atoms with E-state index in [-0.39, 0.29) is 5.41 Å². The molecule has 0 unspecified atom stereocenters. The summed E-state index contributed by atoms with van der Waals surface area (Å²) >= 11 is 6.03. The lowest BCUT2D eigenvalue weighted by molar-refractivity contribution is -0.0379. The molecule has 0 bridgehead atoms. The molecule has 0 amide bonds. The summed E-state index contributed by atoms with van der Waals surface area (Å²) < 4.78 is 2.06. The van der Waals surface area contributed by atoms with Gasteiger partial charge in [0.1, 0.15) is 5.82 Å². The number of rotatable bonds is 3. The number of halogens is 1. The topological polar surface area (TPSA) is 50.4 Å². The van der Waals surface area contributed by atoms with Crippen LogP contribution in [0.15, 0.2) is 42.6 Å². The quantitative estimate of drug-likeness (QED) is 0.789. The molecule has 0 atom stereocenters. The molecule has 2 fully saturated rings. The van der Waals surface area contributed by atoms with Crippen LogP contribution in [0.3, 0.4) is 0 Å². The van der Waals surface area contributed by atoms with Gasteiger partial charge in [-0.3, -0.25) is 4.40 Å². The van der Waals surface area contributed by atoms with E-state index in [1.54, 1.807) is 0 Å². The monoisotopic (exact) mass is 339 g/mol. The summed E-state index contributed by atoms with van der Waals surface area (Å²) in [4.78, 5) is 0. The first-order valence-corrected chi connectivity index (χ1v) is 8.83. The molecule has 5 heteroatoms. The molecular weight excluding hydrogens is 322 g/mol. The summed E-state index contributed by atoms with van der Waals surface area (Å²) in [7, 11) is 0. The van der Waals surface area contributed by atoms with E-state index in [2.05, 4.69) is 26.7 Å². The van der Waals surface area contributed by atoms with Gasteiger partial charge in [0.2, 0.25) is 0 Å². The summed E-state index contributed by atoms with van der Waals surface area (Å²) in [5.74, 6) is 0.963. The largest absolute Gasteiger partial charge is 0.385 e. The fraction of sp³-hybridized carbons (Fsp3) is 0.368. The van der Waals surface area contributed by atoms with Gasteiger partial charge in [0.05, 0.1) is 11.0 Å². The number of aromatic nitrogens is 3. The number of hydrogen-bond donors (Lipinski definition) is 1. The Morgan fingerprint density at radius 2 is 1.75 bits per heavy atom. The van der Waals surface area contributed by atoms with Gasteiger partial charge < -0.3 is 5.11 Å². The molecule has 2 saturated carbocycles. The van der Waals surface area contributed by atoms with Crippen molar-refractivity contribution in [2.75, 3.05) is 0 Å². The minimum atomic E-state index is -0.732. The van der Waals surface area contributed by atoms with E-state index in [9.17, 15) is 5.11 Å². The Morgan fingerprint density at radius 1 is 1.00 bits per heavy atom. The molecular formula is C19H18ClN3O. The minimum absolute atomic E-state index is 0.0785. The lowest BCUT2D eigenvalue weighted by Crippen LogP contribution is -2.34. The number of aliphatic hydroxyl groups is 1. The SMILES string of the molecule is OC1(c2cccn3c(C4(c5ccc(Cl)cc5)CC4)nnc23)CCC1. The Hall–Kier alpha value is -1.91. The molecule has 0 spiro atoms. The predicted octanol–water partition coefficient (Wildman–Crippen LogP) is 3.83. The first-order valence-electron chi connectivity index (χ1n) is 8.46. The summed E-state index contributed by atoms with van der Waals surface area (Å²) in [5, 5.41) is 20.5. The second kappa shape index (κ2) is 4.80. The molecule has 2 heterocycles. The number of hydrogen-bond acceptors (Lipinski definition) is 3. The Bertz CT molecular complexity index is 923. The average molecular weight is 340 g/mol. The van der Waals surface area contributed by atoms with E-state index in [1.807, 2.05) is 30.5 Å². The lowest BCUT2D eigenvalue weighted by Gasteiger charge is -2.36. The number of pyridine rings is 1. The summed E-state index contributed by atoms with van der Waals surface area (Å²) in [6, 6.07) is 12.0. The summed E-state index contributed by atoms with van der Waals surface area (Å²) in [5.41, 5.74) is 2.11. The molecule has 3 aromatic rings. The van der Waals surface area contributed by atoms with Crippen molar-refractivity contribution in [2.24, 2.45) is 0 Å². The van der Waals surface area contributed by atoms with Crippen LogP contribution in [0.2, 0.25) is 5.02 Å². The van der Waals surface area contributed by atoms with Crippen LogP contribution in [-0.2, 0) is 11.0 Å². The van der Waals surface area contributed by atoms with Gasteiger partial charge in [0.15, 0.2) is 5.65 Å². The van der Waals surface area contributed by atoms with Gasteiger partial charge in [0.25, 0.3) is 0 Å². The van der Waals surface area contributed by atoms with E-state index in [0.29, 0.717) is 0 Å². The normalized spacial score (nSPS) is 20.8. The van der Waals surface area contributed by atoms with Crippen molar-refractivity contribution in [1.29, 1.82) is 0 Å². The first-order chi connectivity index (χ1) is 11.6. The van der Waals surface area contributed by atoms with E-state index in [4.69, 9.17) is 11.6 Å². The molecule has 0 aliphatic heterocycles. The average Bonchev–Trinajstić information content (AvgIpc) is 3.25. The van der Waals surface area contributed by atoms with Crippen molar-refractivity contribution in [3.63, 3.8) is 0 Å². The van der Waals surface area contributed by atoms with Crippen LogP contribution in [0.25, 0.3) is 5.65 Å². The van der Waals surface area contributed by atoms with Crippen molar-refractivity contribution < 1.29 is 5.11 Å². The molecule has 24 heavy (non-hydrogen) atoms. The molecule has 0 saturated heterocycles. The molecule has 2 aliphatic rings. The fourth-order valence-electron chi connectivity index (χ4n) is 3.92. The zero-order valence-electron chi connectivity index (χ0n) is 13.2. The Kier molecular flexibility index (Phi) is 2.89. The highest BCUT2D eigenvalue weighted by molar-refractivity contribution is 6.30. The Labute approximate surface area is 145 Å². The van der Waals surface area contributed by atoms with Crippen LogP contribution in [0.1, 0.15) is 49.1 Å². The van der Waals surface area contributed by atoms with E-state index in [0.717, 1.165) is 54.2 Å². The molecule has 122 valence electrons. The third kappa shape index (κ3) is 1.90. The van der Waals surface area contributed by atoms with Crippen molar-refractivity contribution in [2.45, 2.75) is 43.1 Å². The lowest BCUT2D eigenvalue weighted by atomic mass is 9.75. The maximum Gasteiger partial charge on any atom is 0.166 e. The Morgan fingerprint density at radius 3 is 2.38 bits per heavy atom. The third-order valence-corrected chi connectivity index (χ3v) is 5.94. The zero-order valence-corrected chi connectivity index (χ0v) is 14.0. The molecule has 2 aliphatic carbocycles. The van der Waals surface area contributed by atoms with Gasteiger partial charge in [-0.2, -0.15) is 0 Å². The standard InChI is InChI=1S/C19H18ClN3O/c20-14-6-4-13(5-7-14)18(10-11-18)17-22-21-16-15(3-1-12-23(16)17)19(24)8-2-9-19/h1,3-7,12,24H,2,8-11H2. The van der Waals surface area contributed by atoms with Gasteiger partial charge in [-0.15, -0.1) is 10.2 Å². The van der Waals surface area contributed by atoms with Gasteiger partial charge in [-0.25, -0.2) is 0 Å². The van der Waals surface area contributed by atoms with Crippen molar-refractivity contribution in [1.82, 2.24) is 14.6 Å².